The number of benzene rings is 1. The quantitative estimate of drug-likeness (QED) is 0.666. The number of methoxy groups -OCH3 is 1. The van der Waals surface area contributed by atoms with E-state index in [4.69, 9.17) is 9.26 Å². The summed E-state index contributed by atoms with van der Waals surface area (Å²) in [7, 11) is -1.93. The lowest BCUT2D eigenvalue weighted by molar-refractivity contribution is 0.109. The Balaban J connectivity index is 1.55. The molecule has 0 atom stereocenters. The van der Waals surface area contributed by atoms with E-state index in [9.17, 15) is 13.2 Å². The number of likely N-dealkylation sites (tertiary alicyclic amines) is 1. The number of nitrogens with zero attached hydrogens (tertiary/aromatic N) is 4. The minimum atomic E-state index is -3.45. The van der Waals surface area contributed by atoms with E-state index in [2.05, 4.69) is 15.5 Å². The Morgan fingerprint density at radius 1 is 1.33 bits per heavy atom. The third kappa shape index (κ3) is 5.35. The third-order valence-corrected chi connectivity index (χ3v) is 6.41. The van der Waals surface area contributed by atoms with Gasteiger partial charge in [-0.15, -0.1) is 0 Å². The van der Waals surface area contributed by atoms with Crippen LogP contribution in [0.15, 0.2) is 22.7 Å². The van der Waals surface area contributed by atoms with Crippen LogP contribution in [0.4, 0.5) is 10.5 Å². The van der Waals surface area contributed by atoms with Crippen LogP contribution in [0.2, 0.25) is 0 Å². The van der Waals surface area contributed by atoms with Crippen LogP contribution in [0, 0.1) is 13.8 Å². The van der Waals surface area contributed by atoms with Crippen molar-refractivity contribution < 1.29 is 22.5 Å². The minimum absolute atomic E-state index is 0.204. The first-order valence-electron chi connectivity index (χ1n) is 9.57. The number of hydrogen-bond acceptors (Lipinski definition) is 7. The molecule has 0 aliphatic carbocycles. The monoisotopic (exact) mass is 437 g/mol. The van der Waals surface area contributed by atoms with Crippen molar-refractivity contribution >= 4 is 21.7 Å². The van der Waals surface area contributed by atoms with Gasteiger partial charge in [-0.1, -0.05) is 11.2 Å². The van der Waals surface area contributed by atoms with E-state index < -0.39 is 10.0 Å². The fraction of sp³-hybridized carbons (Fsp3) is 0.526. The van der Waals surface area contributed by atoms with Crippen LogP contribution in [-0.4, -0.2) is 72.8 Å². The second kappa shape index (κ2) is 9.11. The van der Waals surface area contributed by atoms with Gasteiger partial charge in [-0.3, -0.25) is 0 Å². The van der Waals surface area contributed by atoms with Gasteiger partial charge in [0.1, 0.15) is 6.61 Å². The van der Waals surface area contributed by atoms with Crippen molar-refractivity contribution in [3.8, 4) is 0 Å². The first-order chi connectivity index (χ1) is 14.2. The summed E-state index contributed by atoms with van der Waals surface area (Å²) in [4.78, 5) is 18.2. The molecule has 0 radical (unpaired) electrons. The first-order valence-corrected chi connectivity index (χ1v) is 11.4. The summed E-state index contributed by atoms with van der Waals surface area (Å²) in [5.74, 6) is 0.760. The van der Waals surface area contributed by atoms with Crippen LogP contribution in [0.1, 0.15) is 22.8 Å². The number of aryl methyl sites for hydroxylation is 2. The highest BCUT2D eigenvalue weighted by Gasteiger charge is 2.38. The molecule has 1 fully saturated rings. The molecule has 0 bridgehead atoms. The van der Waals surface area contributed by atoms with E-state index in [1.807, 2.05) is 32.0 Å². The molecule has 10 nitrogen and oxygen atoms in total. The fourth-order valence-electron chi connectivity index (χ4n) is 3.23. The molecule has 2 amide bonds. The number of carbonyl (C=O) groups excluding carboxylic acids is 1. The van der Waals surface area contributed by atoms with E-state index in [0.29, 0.717) is 31.2 Å². The maximum Gasteiger partial charge on any atom is 0.321 e. The van der Waals surface area contributed by atoms with Gasteiger partial charge < -0.3 is 19.5 Å². The Kier molecular flexibility index (Phi) is 6.74. The van der Waals surface area contributed by atoms with E-state index >= 15 is 0 Å². The molecule has 1 aliphatic rings. The van der Waals surface area contributed by atoms with Gasteiger partial charge >= 0.3 is 6.03 Å². The molecule has 1 saturated heterocycles. The third-order valence-electron chi connectivity index (χ3n) is 5.07. The van der Waals surface area contributed by atoms with Crippen molar-refractivity contribution in [3.05, 3.63) is 41.0 Å². The molecule has 2 heterocycles. The number of sulfonamides is 1. The normalized spacial score (nSPS) is 14.8. The zero-order valence-electron chi connectivity index (χ0n) is 17.6. The van der Waals surface area contributed by atoms with E-state index in [1.54, 1.807) is 4.90 Å². The Bertz CT molecular complexity index is 1000. The van der Waals surface area contributed by atoms with Crippen molar-refractivity contribution in [2.45, 2.75) is 32.9 Å². The van der Waals surface area contributed by atoms with Gasteiger partial charge in [-0.2, -0.15) is 9.29 Å². The molecule has 1 aliphatic heterocycles. The molecule has 1 aromatic heterocycles. The summed E-state index contributed by atoms with van der Waals surface area (Å²) in [6.45, 7) is 5.05. The van der Waals surface area contributed by atoms with Gasteiger partial charge in [0.05, 0.1) is 12.3 Å². The molecule has 3 rings (SSSR count). The molecule has 0 unspecified atom stereocenters. The molecule has 2 aromatic rings. The van der Waals surface area contributed by atoms with Gasteiger partial charge in [0.2, 0.25) is 10.0 Å². The molecule has 164 valence electrons. The SMILES string of the molecule is COCc1nc(CCN(C2CN(C(=O)Nc3ccc(C)c(C)c3)C2)S(C)(=O)=O)no1. The van der Waals surface area contributed by atoms with Crippen LogP contribution in [0.3, 0.4) is 0 Å². The van der Waals surface area contributed by atoms with Crippen molar-refractivity contribution in [2.24, 2.45) is 0 Å². The molecule has 30 heavy (non-hydrogen) atoms. The highest BCUT2D eigenvalue weighted by Crippen LogP contribution is 2.21. The molecule has 1 N–H and O–H groups in total. The lowest BCUT2D eigenvalue weighted by Crippen LogP contribution is -2.63. The number of rotatable bonds is 8. The largest absolute Gasteiger partial charge is 0.375 e. The fourth-order valence-corrected chi connectivity index (χ4v) is 4.33. The number of anilines is 1. The molecular weight excluding hydrogens is 410 g/mol. The minimum Gasteiger partial charge on any atom is -0.375 e. The van der Waals surface area contributed by atoms with Crippen LogP contribution in [-0.2, 0) is 27.8 Å². The van der Waals surface area contributed by atoms with E-state index in [-0.39, 0.29) is 25.2 Å². The van der Waals surface area contributed by atoms with Gasteiger partial charge in [0.25, 0.3) is 5.89 Å². The number of aromatic nitrogens is 2. The zero-order chi connectivity index (χ0) is 21.9. The Hall–Kier alpha value is -2.50. The lowest BCUT2D eigenvalue weighted by atomic mass is 10.1. The summed E-state index contributed by atoms with van der Waals surface area (Å²) >= 11 is 0. The molecule has 0 saturated carbocycles. The average molecular weight is 438 g/mol. The Labute approximate surface area is 176 Å². The van der Waals surface area contributed by atoms with Gasteiger partial charge in [-0.05, 0) is 37.1 Å². The smallest absolute Gasteiger partial charge is 0.321 e. The number of urea groups is 1. The van der Waals surface area contributed by atoms with Crippen LogP contribution >= 0.6 is 0 Å². The summed E-state index contributed by atoms with van der Waals surface area (Å²) < 4.78 is 35.9. The van der Waals surface area contributed by atoms with Gasteiger partial charge in [0.15, 0.2) is 5.82 Å². The van der Waals surface area contributed by atoms with Crippen LogP contribution in [0.5, 0.6) is 0 Å². The topological polar surface area (TPSA) is 118 Å². The standard InChI is InChI=1S/C19H27N5O5S/c1-13-5-6-15(9-14(13)2)20-19(25)23-10-16(11-23)24(30(4,26)27)8-7-17-21-18(12-28-3)29-22-17/h5-6,9,16H,7-8,10-12H2,1-4H3,(H,20,25). The summed E-state index contributed by atoms with van der Waals surface area (Å²) in [6.07, 6.45) is 1.48. The van der Waals surface area contributed by atoms with Gasteiger partial charge in [0, 0.05) is 38.9 Å². The number of hydrogen-bond donors (Lipinski definition) is 1. The number of nitrogens with one attached hydrogen (secondary N) is 1. The predicted octanol–water partition coefficient (Wildman–Crippen LogP) is 1.55. The molecule has 1 aromatic carbocycles. The number of amides is 2. The highest BCUT2D eigenvalue weighted by atomic mass is 32.2. The first kappa shape index (κ1) is 22.2. The summed E-state index contributed by atoms with van der Waals surface area (Å²) in [5, 5.41) is 6.69. The lowest BCUT2D eigenvalue weighted by Gasteiger charge is -2.44. The van der Waals surface area contributed by atoms with Crippen molar-refractivity contribution in [2.75, 3.05) is 38.3 Å². The number of carbonyl (C=O) groups is 1. The van der Waals surface area contributed by atoms with Crippen molar-refractivity contribution in [1.29, 1.82) is 0 Å². The van der Waals surface area contributed by atoms with Gasteiger partial charge in [-0.25, -0.2) is 13.2 Å². The van der Waals surface area contributed by atoms with Crippen LogP contribution in [0.25, 0.3) is 0 Å². The molecule has 0 spiro atoms. The maximum atomic E-state index is 12.5. The Morgan fingerprint density at radius 2 is 2.07 bits per heavy atom. The summed E-state index contributed by atoms with van der Waals surface area (Å²) in [5.41, 5.74) is 2.96. The Morgan fingerprint density at radius 3 is 2.70 bits per heavy atom. The second-order valence-corrected chi connectivity index (χ2v) is 9.38. The molecule has 11 heteroatoms. The maximum absolute atomic E-state index is 12.5. The zero-order valence-corrected chi connectivity index (χ0v) is 18.4. The van der Waals surface area contributed by atoms with Crippen molar-refractivity contribution in [1.82, 2.24) is 19.3 Å². The highest BCUT2D eigenvalue weighted by molar-refractivity contribution is 7.88. The van der Waals surface area contributed by atoms with E-state index in [0.717, 1.165) is 23.1 Å². The summed E-state index contributed by atoms with van der Waals surface area (Å²) in [6, 6.07) is 5.19. The van der Waals surface area contributed by atoms with Crippen LogP contribution < -0.4 is 5.32 Å². The predicted molar refractivity (Wildman–Crippen MR) is 111 cm³/mol. The van der Waals surface area contributed by atoms with Crippen molar-refractivity contribution in [3.63, 3.8) is 0 Å². The second-order valence-electron chi connectivity index (χ2n) is 7.45. The number of ether oxygens (including phenoxy) is 1. The van der Waals surface area contributed by atoms with E-state index in [1.165, 1.54) is 11.4 Å². The average Bonchev–Trinajstić information content (AvgIpc) is 3.06. The molecular formula is C19H27N5O5S.